The summed E-state index contributed by atoms with van der Waals surface area (Å²) >= 11 is 1.44. The number of nitrogens with one attached hydrogen (secondary N) is 1. The second-order valence-corrected chi connectivity index (χ2v) is 7.30. The molecule has 1 N–H and O–H groups in total. The third-order valence-electron chi connectivity index (χ3n) is 4.69. The maximum atomic E-state index is 12.8. The highest BCUT2D eigenvalue weighted by molar-refractivity contribution is 7.08. The molecule has 0 radical (unpaired) electrons. The van der Waals surface area contributed by atoms with E-state index in [1.54, 1.807) is 27.1 Å². The zero-order valence-corrected chi connectivity index (χ0v) is 16.2. The van der Waals surface area contributed by atoms with Gasteiger partial charge in [-0.3, -0.25) is 14.5 Å². The molecule has 1 aliphatic rings. The lowest BCUT2D eigenvalue weighted by Crippen LogP contribution is -2.43. The van der Waals surface area contributed by atoms with Crippen molar-refractivity contribution in [1.82, 2.24) is 15.1 Å². The van der Waals surface area contributed by atoms with E-state index in [1.165, 1.54) is 16.2 Å². The number of hydrogen-bond donors (Lipinski definition) is 1. The lowest BCUT2D eigenvalue weighted by molar-refractivity contribution is -0.138. The quantitative estimate of drug-likeness (QED) is 0.771. The van der Waals surface area contributed by atoms with Crippen LogP contribution < -0.4 is 10.1 Å². The second kappa shape index (κ2) is 7.40. The zero-order valence-electron chi connectivity index (χ0n) is 15.4. The maximum Gasteiger partial charge on any atom is 0.325 e. The van der Waals surface area contributed by atoms with Crippen molar-refractivity contribution >= 4 is 29.2 Å². The number of para-hydroxylation sites is 1. The molecule has 27 heavy (non-hydrogen) atoms. The van der Waals surface area contributed by atoms with E-state index in [-0.39, 0.29) is 12.5 Å². The number of benzene rings is 1. The highest BCUT2D eigenvalue weighted by Crippen LogP contribution is 2.30. The number of ether oxygens (including phenoxy) is 1. The summed E-state index contributed by atoms with van der Waals surface area (Å²) in [6.45, 7) is 1.66. The molecule has 1 atom stereocenters. The maximum absolute atomic E-state index is 12.8. The molecule has 1 aromatic carbocycles. The molecule has 0 saturated carbocycles. The van der Waals surface area contributed by atoms with Crippen molar-refractivity contribution in [2.45, 2.75) is 19.0 Å². The fraction of sp³-hybridized carbons (Fsp3) is 0.316. The van der Waals surface area contributed by atoms with Crippen LogP contribution in [0.1, 0.15) is 18.1 Å². The van der Waals surface area contributed by atoms with Gasteiger partial charge >= 0.3 is 6.03 Å². The zero-order chi connectivity index (χ0) is 19.6. The van der Waals surface area contributed by atoms with E-state index in [1.807, 2.05) is 35.0 Å². The number of methoxy groups -OCH3 is 1. The third-order valence-corrected chi connectivity index (χ3v) is 5.38. The Morgan fingerprint density at radius 2 is 2.04 bits per heavy atom. The van der Waals surface area contributed by atoms with Crippen LogP contribution in [0.25, 0.3) is 0 Å². The van der Waals surface area contributed by atoms with Gasteiger partial charge in [0.15, 0.2) is 0 Å². The monoisotopic (exact) mass is 387 g/mol. The van der Waals surface area contributed by atoms with Gasteiger partial charge in [0.05, 0.1) is 7.11 Å². The molecule has 3 rings (SSSR count). The summed E-state index contributed by atoms with van der Waals surface area (Å²) in [5.41, 5.74) is 0.415. The lowest BCUT2D eigenvalue weighted by atomic mass is 9.95. The van der Waals surface area contributed by atoms with Crippen molar-refractivity contribution in [3.8, 4) is 5.75 Å². The molecule has 7 nitrogen and oxygen atoms in total. The number of carbonyl (C=O) groups is 3. The van der Waals surface area contributed by atoms with Crippen molar-refractivity contribution in [3.05, 3.63) is 52.2 Å². The van der Waals surface area contributed by atoms with Crippen LogP contribution in [0.3, 0.4) is 0 Å². The van der Waals surface area contributed by atoms with Gasteiger partial charge in [-0.2, -0.15) is 11.3 Å². The summed E-state index contributed by atoms with van der Waals surface area (Å²) in [5, 5.41) is 6.36. The Hall–Kier alpha value is -2.87. The largest absolute Gasteiger partial charge is 0.496 e. The van der Waals surface area contributed by atoms with E-state index < -0.39 is 17.5 Å². The number of rotatable bonds is 6. The van der Waals surface area contributed by atoms with Gasteiger partial charge < -0.3 is 15.0 Å². The second-order valence-electron chi connectivity index (χ2n) is 6.52. The van der Waals surface area contributed by atoms with Crippen LogP contribution >= 0.6 is 11.3 Å². The van der Waals surface area contributed by atoms with Crippen LogP contribution in [-0.2, 0) is 21.7 Å². The molecule has 142 valence electrons. The van der Waals surface area contributed by atoms with Gasteiger partial charge in [0.25, 0.3) is 5.91 Å². The van der Waals surface area contributed by atoms with E-state index in [2.05, 4.69) is 5.32 Å². The smallest absolute Gasteiger partial charge is 0.325 e. The van der Waals surface area contributed by atoms with E-state index in [4.69, 9.17) is 4.74 Å². The van der Waals surface area contributed by atoms with Crippen molar-refractivity contribution < 1.29 is 19.1 Å². The number of amides is 4. The molecular formula is C19H21N3O4S. The summed E-state index contributed by atoms with van der Waals surface area (Å²) < 4.78 is 5.30. The topological polar surface area (TPSA) is 79.0 Å². The molecule has 4 amide bonds. The van der Waals surface area contributed by atoms with Gasteiger partial charge in [-0.25, -0.2) is 4.79 Å². The standard InChI is InChI=1S/C19H21N3O4S/c1-19(14-8-9-27-12-14)17(24)22(18(25)20-19)11-16(23)21(2)10-13-6-4-5-7-15(13)26-3/h4-9,12H,10-11H2,1-3H3,(H,20,25). The van der Waals surface area contributed by atoms with Crippen LogP contribution in [-0.4, -0.2) is 48.3 Å². The summed E-state index contributed by atoms with van der Waals surface area (Å²) in [5.74, 6) is -0.0823. The van der Waals surface area contributed by atoms with Gasteiger partial charge in [-0.15, -0.1) is 0 Å². The number of nitrogens with zero attached hydrogens (tertiary/aromatic N) is 2. The van der Waals surface area contributed by atoms with Crippen molar-refractivity contribution in [3.63, 3.8) is 0 Å². The Balaban J connectivity index is 1.70. The SMILES string of the molecule is COc1ccccc1CN(C)C(=O)CN1C(=O)NC(C)(c2ccsc2)C1=O. The van der Waals surface area contributed by atoms with Crippen LogP contribution in [0.2, 0.25) is 0 Å². The van der Waals surface area contributed by atoms with Crippen LogP contribution in [0, 0.1) is 0 Å². The first-order valence-electron chi connectivity index (χ1n) is 8.39. The third kappa shape index (κ3) is 3.52. The van der Waals surface area contributed by atoms with Gasteiger partial charge in [-0.1, -0.05) is 18.2 Å². The molecule has 1 aromatic heterocycles. The Morgan fingerprint density at radius 3 is 2.70 bits per heavy atom. The summed E-state index contributed by atoms with van der Waals surface area (Å²) in [7, 11) is 3.20. The number of carbonyl (C=O) groups excluding carboxylic acids is 3. The Morgan fingerprint density at radius 1 is 1.30 bits per heavy atom. The molecular weight excluding hydrogens is 366 g/mol. The van der Waals surface area contributed by atoms with Crippen LogP contribution in [0.4, 0.5) is 4.79 Å². The molecule has 1 saturated heterocycles. The lowest BCUT2D eigenvalue weighted by Gasteiger charge is -2.23. The highest BCUT2D eigenvalue weighted by atomic mass is 32.1. The summed E-state index contributed by atoms with van der Waals surface area (Å²) in [6.07, 6.45) is 0. The fourth-order valence-corrected chi connectivity index (χ4v) is 3.78. The Bertz CT molecular complexity index is 868. The number of hydrogen-bond acceptors (Lipinski definition) is 5. The molecule has 0 bridgehead atoms. The van der Waals surface area contributed by atoms with E-state index in [0.29, 0.717) is 17.9 Å². The number of thiophene rings is 1. The minimum atomic E-state index is -1.14. The van der Waals surface area contributed by atoms with Gasteiger partial charge in [-0.05, 0) is 35.4 Å². The minimum Gasteiger partial charge on any atom is -0.496 e. The Labute approximate surface area is 161 Å². The van der Waals surface area contributed by atoms with Gasteiger partial charge in [0.2, 0.25) is 5.91 Å². The average molecular weight is 387 g/mol. The molecule has 1 aliphatic heterocycles. The minimum absolute atomic E-state index is 0.309. The van der Waals surface area contributed by atoms with E-state index >= 15 is 0 Å². The summed E-state index contributed by atoms with van der Waals surface area (Å²) in [4.78, 5) is 40.2. The van der Waals surface area contributed by atoms with E-state index in [9.17, 15) is 14.4 Å². The van der Waals surface area contributed by atoms with Crippen molar-refractivity contribution in [2.75, 3.05) is 20.7 Å². The number of urea groups is 1. The Kier molecular flexibility index (Phi) is 5.18. The van der Waals surface area contributed by atoms with Gasteiger partial charge in [0, 0.05) is 19.2 Å². The summed E-state index contributed by atoms with van der Waals surface area (Å²) in [6, 6.07) is 8.62. The molecule has 1 fully saturated rings. The molecule has 0 aliphatic carbocycles. The molecule has 8 heteroatoms. The fourth-order valence-electron chi connectivity index (χ4n) is 3.02. The van der Waals surface area contributed by atoms with E-state index in [0.717, 1.165) is 10.5 Å². The predicted molar refractivity (Wildman–Crippen MR) is 101 cm³/mol. The normalized spacial score (nSPS) is 19.1. The van der Waals surface area contributed by atoms with Crippen molar-refractivity contribution in [2.24, 2.45) is 0 Å². The number of imide groups is 1. The molecule has 2 aromatic rings. The first-order valence-corrected chi connectivity index (χ1v) is 9.33. The first-order chi connectivity index (χ1) is 12.9. The molecule has 0 spiro atoms. The van der Waals surface area contributed by atoms with Crippen LogP contribution in [0.15, 0.2) is 41.1 Å². The predicted octanol–water partition coefficient (Wildman–Crippen LogP) is 2.18. The van der Waals surface area contributed by atoms with Crippen molar-refractivity contribution in [1.29, 1.82) is 0 Å². The van der Waals surface area contributed by atoms with Crippen LogP contribution in [0.5, 0.6) is 5.75 Å². The first kappa shape index (κ1) is 18.9. The average Bonchev–Trinajstić information content (AvgIpc) is 3.26. The number of likely N-dealkylation sites (N-methyl/N-ethyl adjacent to an activating group) is 1. The highest BCUT2D eigenvalue weighted by Gasteiger charge is 2.49. The molecule has 1 unspecified atom stereocenters. The molecule has 2 heterocycles. The van der Waals surface area contributed by atoms with Gasteiger partial charge in [0.1, 0.15) is 17.8 Å².